The maximum atomic E-state index is 14.6. The Balaban J connectivity index is 1.61. The molecule has 15 N–H and O–H groups in total. The van der Waals surface area contributed by atoms with Crippen LogP contribution in [0.1, 0.15) is 76.6 Å². The van der Waals surface area contributed by atoms with Crippen molar-refractivity contribution >= 4 is 65.9 Å². The van der Waals surface area contributed by atoms with E-state index in [2.05, 4.69) is 52.2 Å². The molecule has 2 heterocycles. The van der Waals surface area contributed by atoms with Crippen LogP contribution < -0.4 is 54.1 Å². The van der Waals surface area contributed by atoms with Crippen LogP contribution in [0.5, 0.6) is 0 Å². The molecular weight excluding hydrogens is 957 g/mol. The number of carboxylic acids is 1. The number of likely N-dealkylation sites (tertiary alicyclic amines) is 1. The van der Waals surface area contributed by atoms with E-state index in [-0.39, 0.29) is 63.2 Å². The number of carbonyl (C=O) groups excluding carboxylic acids is 7. The number of rotatable bonds is 29. The van der Waals surface area contributed by atoms with Crippen LogP contribution in [0.3, 0.4) is 0 Å². The second kappa shape index (κ2) is 29.4. The van der Waals surface area contributed by atoms with Crippen LogP contribution in [0.15, 0.2) is 72.1 Å². The summed E-state index contributed by atoms with van der Waals surface area (Å²) >= 11 is 0. The quantitative estimate of drug-likeness (QED) is 0.0143. The first-order valence-corrected chi connectivity index (χ1v) is 24.7. The van der Waals surface area contributed by atoms with E-state index in [1.54, 1.807) is 65.1 Å². The number of carbonyl (C=O) groups is 8. The molecular formula is C49H72BN13O11. The predicted molar refractivity (Wildman–Crippen MR) is 274 cm³/mol. The molecule has 1 fully saturated rings. The zero-order chi connectivity index (χ0) is 54.5. The first kappa shape index (κ1) is 59.2. The number of aliphatic imine (C=N–C) groups is 1. The Kier molecular flexibility index (Phi) is 23.5. The molecule has 0 unspecified atom stereocenters. The first-order valence-electron chi connectivity index (χ1n) is 24.7. The highest BCUT2D eigenvalue weighted by Gasteiger charge is 2.41. The van der Waals surface area contributed by atoms with E-state index in [1.165, 1.54) is 41.7 Å². The summed E-state index contributed by atoms with van der Waals surface area (Å²) in [4.78, 5) is 123. The van der Waals surface area contributed by atoms with Gasteiger partial charge in [0, 0.05) is 44.2 Å². The van der Waals surface area contributed by atoms with Crippen molar-refractivity contribution in [2.75, 3.05) is 26.7 Å². The predicted octanol–water partition coefficient (Wildman–Crippen LogP) is -2.92. The van der Waals surface area contributed by atoms with Crippen molar-refractivity contribution in [2.45, 2.75) is 121 Å². The Morgan fingerprint density at radius 3 is 2.00 bits per heavy atom. The Labute approximate surface area is 430 Å². The number of H-pyrrole nitrogens is 1. The van der Waals surface area contributed by atoms with Gasteiger partial charge in [0.1, 0.15) is 42.3 Å². The molecule has 1 aromatic heterocycles. The number of likely N-dealkylation sites (N-methyl/N-ethyl adjacent to an activating group) is 1. The topological polar surface area (TPSA) is 378 Å². The average molecular weight is 1030 g/mol. The van der Waals surface area contributed by atoms with Gasteiger partial charge in [-0.05, 0) is 61.2 Å². The Morgan fingerprint density at radius 2 is 1.41 bits per heavy atom. The number of guanidine groups is 1. The molecule has 0 bridgehead atoms. The normalized spacial score (nSPS) is 16.0. The molecule has 2 aromatic carbocycles. The fourth-order valence-corrected chi connectivity index (χ4v) is 8.35. The molecule has 0 spiro atoms. The summed E-state index contributed by atoms with van der Waals surface area (Å²) in [7, 11) is -0.219. The summed E-state index contributed by atoms with van der Waals surface area (Å²) < 4.78 is 0. The summed E-state index contributed by atoms with van der Waals surface area (Å²) in [5.74, 6) is -7.32. The molecule has 8 atom stereocenters. The van der Waals surface area contributed by atoms with Gasteiger partial charge in [0.15, 0.2) is 5.96 Å². The monoisotopic (exact) mass is 1030 g/mol. The van der Waals surface area contributed by atoms with Crippen molar-refractivity contribution in [3.63, 3.8) is 0 Å². The van der Waals surface area contributed by atoms with Gasteiger partial charge in [-0.3, -0.25) is 38.6 Å². The van der Waals surface area contributed by atoms with Gasteiger partial charge in [-0.25, -0.2) is 9.78 Å². The maximum Gasteiger partial charge on any atom is 0.488 e. The lowest BCUT2D eigenvalue weighted by Crippen LogP contribution is -2.62. The number of nitrogens with one attached hydrogen (secondary N) is 8. The van der Waals surface area contributed by atoms with Gasteiger partial charge in [-0.1, -0.05) is 88.7 Å². The molecule has 3 aromatic rings. The summed E-state index contributed by atoms with van der Waals surface area (Å²) in [6, 6.07) is 6.02. The molecule has 402 valence electrons. The van der Waals surface area contributed by atoms with E-state index in [9.17, 15) is 53.5 Å². The Hall–Kier alpha value is -7.38. The van der Waals surface area contributed by atoms with E-state index >= 15 is 0 Å². The van der Waals surface area contributed by atoms with E-state index in [4.69, 9.17) is 11.5 Å². The van der Waals surface area contributed by atoms with Crippen molar-refractivity contribution in [1.82, 2.24) is 52.1 Å². The summed E-state index contributed by atoms with van der Waals surface area (Å²) in [5, 5.41) is 48.5. The fourth-order valence-electron chi connectivity index (χ4n) is 8.35. The third-order valence-corrected chi connectivity index (χ3v) is 12.7. The van der Waals surface area contributed by atoms with E-state index in [0.717, 1.165) is 0 Å². The van der Waals surface area contributed by atoms with Crippen molar-refractivity contribution in [3.8, 4) is 0 Å². The number of hydrogen-bond acceptors (Lipinski definition) is 13. The highest BCUT2D eigenvalue weighted by Crippen LogP contribution is 2.21. The molecule has 4 rings (SSSR count). The summed E-state index contributed by atoms with van der Waals surface area (Å²) in [6.07, 6.45) is 4.02. The fraction of sp³-hybridized carbons (Fsp3) is 0.510. The molecule has 74 heavy (non-hydrogen) atoms. The van der Waals surface area contributed by atoms with Crippen molar-refractivity contribution in [2.24, 2.45) is 28.3 Å². The molecule has 1 aliphatic rings. The van der Waals surface area contributed by atoms with Crippen LogP contribution >= 0.6 is 0 Å². The number of hydrogen-bond donors (Lipinski definition) is 13. The minimum Gasteiger partial charge on any atom is -0.480 e. The number of imidazole rings is 1. The molecule has 0 saturated carbocycles. The SMILES string of the molecule is CC[C@H](C)[C@H](NC(=O)[C@H](Cc1ccc(B(O)O)cc1)NC(=O)[C@@H](NC(=O)[C@H](CCCN=C(N)N)NC(=O)CNC)C(C)C)C(=O)N[C@@H](Cc1cnc[nH]1)C(=O)N1CCC[C@H]1C(=O)N[C@@H](Cc1ccccc1)C(=O)O. The number of nitrogens with two attached hydrogens (primary N) is 2. The van der Waals surface area contributed by atoms with Gasteiger partial charge in [0.25, 0.3) is 0 Å². The number of nitrogens with zero attached hydrogens (tertiary/aromatic N) is 3. The minimum atomic E-state index is -1.78. The van der Waals surface area contributed by atoms with Gasteiger partial charge >= 0.3 is 13.1 Å². The number of aliphatic carboxylic acids is 1. The van der Waals surface area contributed by atoms with Crippen molar-refractivity contribution in [1.29, 1.82) is 0 Å². The molecule has 1 saturated heterocycles. The third-order valence-electron chi connectivity index (χ3n) is 12.7. The number of benzene rings is 2. The van der Waals surface area contributed by atoms with E-state index < -0.39 is 109 Å². The zero-order valence-electron chi connectivity index (χ0n) is 42.5. The van der Waals surface area contributed by atoms with E-state index in [0.29, 0.717) is 36.1 Å². The molecule has 1 aliphatic heterocycles. The zero-order valence-corrected chi connectivity index (χ0v) is 42.5. The first-order chi connectivity index (χ1) is 35.2. The van der Waals surface area contributed by atoms with Crippen LogP contribution in [-0.2, 0) is 57.6 Å². The summed E-state index contributed by atoms with van der Waals surface area (Å²) in [6.45, 7) is 7.06. The lowest BCUT2D eigenvalue weighted by atomic mass is 9.80. The van der Waals surface area contributed by atoms with Crippen LogP contribution in [0.2, 0.25) is 0 Å². The molecule has 0 radical (unpaired) electrons. The molecule has 25 heteroatoms. The number of amides is 7. The van der Waals surface area contributed by atoms with Crippen molar-refractivity contribution < 1.29 is 53.5 Å². The van der Waals surface area contributed by atoms with Gasteiger partial charge in [-0.15, -0.1) is 0 Å². The van der Waals surface area contributed by atoms with Crippen LogP contribution in [0, 0.1) is 11.8 Å². The van der Waals surface area contributed by atoms with Crippen LogP contribution in [0.25, 0.3) is 0 Å². The van der Waals surface area contributed by atoms with Gasteiger partial charge in [0.2, 0.25) is 41.4 Å². The Morgan fingerprint density at radius 1 is 0.784 bits per heavy atom. The lowest BCUT2D eigenvalue weighted by Gasteiger charge is -2.32. The highest BCUT2D eigenvalue weighted by atomic mass is 16.4. The number of aromatic nitrogens is 2. The highest BCUT2D eigenvalue weighted by molar-refractivity contribution is 6.58. The third kappa shape index (κ3) is 18.3. The Bertz CT molecular complexity index is 2370. The second-order valence-corrected chi connectivity index (χ2v) is 18.7. The van der Waals surface area contributed by atoms with Crippen LogP contribution in [-0.4, -0.2) is 159 Å². The van der Waals surface area contributed by atoms with Crippen molar-refractivity contribution in [3.05, 3.63) is 83.9 Å². The second-order valence-electron chi connectivity index (χ2n) is 18.7. The maximum absolute atomic E-state index is 14.6. The van der Waals surface area contributed by atoms with Gasteiger partial charge in [-0.2, -0.15) is 0 Å². The standard InChI is InChI=1S/C49H72BN13O11/c1-6-29(4)41(46(69)59-36(24-33-25-54-27-56-33)47(70)63-21-11-15-38(63)44(67)60-37(48(71)72)23-30-12-8-7-9-13-30)62-43(66)35(22-31-16-18-32(19-17-31)50(73)74)58-45(68)40(28(2)3)61-42(65)34(57-39(64)26-53-5)14-10-20-55-49(51)52/h7-9,12-13,16-19,25,27-29,34-38,40-41,53,73-74H,6,10-11,14-15,20-24,26H2,1-5H3,(H,54,56)(H,57,64)(H,58,68)(H,59,69)(H,60,67)(H,61,65)(H,62,66)(H,71,72)(H4,51,52,55)/t29-,34-,35-,36-,37-,38-,40-,41-/m0/s1. The average Bonchev–Trinajstić information content (AvgIpc) is 4.08. The van der Waals surface area contributed by atoms with E-state index in [1.807, 2.05) is 0 Å². The van der Waals surface area contributed by atoms with Crippen LogP contribution in [0.4, 0.5) is 0 Å². The minimum absolute atomic E-state index is 0.00570. The lowest BCUT2D eigenvalue weighted by molar-refractivity contribution is -0.145. The smallest absolute Gasteiger partial charge is 0.480 e. The number of carboxylic acid groups (broad SMARTS) is 1. The van der Waals surface area contributed by atoms with Gasteiger partial charge < -0.3 is 73.7 Å². The largest absolute Gasteiger partial charge is 0.488 e. The summed E-state index contributed by atoms with van der Waals surface area (Å²) in [5.41, 5.74) is 12.7. The number of aromatic amines is 1. The molecule has 7 amide bonds. The molecule has 24 nitrogen and oxygen atoms in total. The molecule has 0 aliphatic carbocycles. The van der Waals surface area contributed by atoms with Gasteiger partial charge in [0.05, 0.1) is 12.9 Å².